The van der Waals surface area contributed by atoms with Crippen LogP contribution >= 0.6 is 0 Å². The minimum atomic E-state index is -0.518. The van der Waals surface area contributed by atoms with Gasteiger partial charge >= 0.3 is 0 Å². The van der Waals surface area contributed by atoms with Gasteiger partial charge in [0.1, 0.15) is 17.7 Å². The maximum Gasteiger partial charge on any atom is 0.210 e. The molecule has 6 nitrogen and oxygen atoms in total. The SMILES string of the molecule is CCC/C=C(/N=C(\c1cnc(-c2ccccc2CC(C)C)c(F)c1C)N1CC2CCC(C1)N2)OC.FC1CC2CCCN2C1. The lowest BCUT2D eigenvalue weighted by Gasteiger charge is -2.35. The molecule has 1 aromatic carbocycles. The molecule has 4 fully saturated rings. The highest BCUT2D eigenvalue weighted by molar-refractivity contribution is 6.01. The van der Waals surface area contributed by atoms with Crippen molar-refractivity contribution in [3.8, 4) is 11.3 Å². The lowest BCUT2D eigenvalue weighted by atomic mass is 9.94. The molecule has 4 aliphatic heterocycles. The number of rotatable bonds is 8. The van der Waals surface area contributed by atoms with E-state index in [1.54, 1.807) is 13.3 Å². The molecule has 0 amide bonds. The van der Waals surface area contributed by atoms with Gasteiger partial charge in [-0.15, -0.1) is 0 Å². The fraction of sp³-hybridized carbons (Fsp3) is 0.611. The third kappa shape index (κ3) is 7.68. The van der Waals surface area contributed by atoms with E-state index in [0.29, 0.717) is 47.7 Å². The minimum Gasteiger partial charge on any atom is -0.481 e. The van der Waals surface area contributed by atoms with E-state index in [2.05, 4.69) is 46.9 Å². The van der Waals surface area contributed by atoms with Gasteiger partial charge in [0.2, 0.25) is 5.88 Å². The summed E-state index contributed by atoms with van der Waals surface area (Å²) in [5.41, 5.74) is 3.71. The van der Waals surface area contributed by atoms with Crippen LogP contribution in [0.15, 0.2) is 47.4 Å². The number of unbranched alkanes of at least 4 members (excludes halogenated alkanes) is 1. The van der Waals surface area contributed by atoms with E-state index in [-0.39, 0.29) is 5.82 Å². The van der Waals surface area contributed by atoms with Crippen LogP contribution in [0.25, 0.3) is 11.3 Å². The van der Waals surface area contributed by atoms with Crippen molar-refractivity contribution < 1.29 is 13.5 Å². The molecule has 0 spiro atoms. The summed E-state index contributed by atoms with van der Waals surface area (Å²) in [6, 6.07) is 9.50. The Balaban J connectivity index is 0.000000361. The number of ether oxygens (including phenoxy) is 1. The summed E-state index contributed by atoms with van der Waals surface area (Å²) in [5.74, 6) is 1.52. The van der Waals surface area contributed by atoms with Crippen LogP contribution in [-0.4, -0.2) is 78.2 Å². The molecule has 8 heteroatoms. The number of hydrogen-bond donors (Lipinski definition) is 1. The first kappa shape index (κ1) is 32.6. The van der Waals surface area contributed by atoms with E-state index in [4.69, 9.17) is 9.73 Å². The predicted octanol–water partition coefficient (Wildman–Crippen LogP) is 7.06. The van der Waals surface area contributed by atoms with Crippen LogP contribution in [0.4, 0.5) is 8.78 Å². The van der Waals surface area contributed by atoms with E-state index in [9.17, 15) is 4.39 Å². The average Bonchev–Trinajstić information content (AvgIpc) is 3.69. The predicted molar refractivity (Wildman–Crippen MR) is 175 cm³/mol. The summed E-state index contributed by atoms with van der Waals surface area (Å²) in [6.07, 6.45) is 11.7. The number of fused-ring (bicyclic) bond motifs is 3. The number of halogens is 2. The van der Waals surface area contributed by atoms with E-state index in [1.807, 2.05) is 31.2 Å². The van der Waals surface area contributed by atoms with Crippen molar-refractivity contribution in [2.45, 2.75) is 103 Å². The molecule has 1 N–H and O–H groups in total. The average molecular weight is 608 g/mol. The lowest BCUT2D eigenvalue weighted by Crippen LogP contribution is -2.53. The normalized spacial score (nSPS) is 25.3. The van der Waals surface area contributed by atoms with Crippen molar-refractivity contribution in [2.24, 2.45) is 10.9 Å². The van der Waals surface area contributed by atoms with Crippen LogP contribution in [0.5, 0.6) is 0 Å². The lowest BCUT2D eigenvalue weighted by molar-refractivity contribution is 0.273. The molecule has 0 saturated carbocycles. The van der Waals surface area contributed by atoms with Crippen molar-refractivity contribution in [1.29, 1.82) is 0 Å². The van der Waals surface area contributed by atoms with Crippen molar-refractivity contribution >= 4 is 5.84 Å². The third-order valence-electron chi connectivity index (χ3n) is 9.41. The van der Waals surface area contributed by atoms with Gasteiger partial charge in [-0.05, 0) is 81.5 Å². The molecule has 0 aliphatic carbocycles. The van der Waals surface area contributed by atoms with E-state index in [0.717, 1.165) is 80.7 Å². The Bertz CT molecular complexity index is 1300. The summed E-state index contributed by atoms with van der Waals surface area (Å²) in [4.78, 5) is 14.2. The Kier molecular flexibility index (Phi) is 11.1. The molecular weight excluding hydrogens is 556 g/mol. The largest absolute Gasteiger partial charge is 0.481 e. The second kappa shape index (κ2) is 15.0. The highest BCUT2D eigenvalue weighted by Crippen LogP contribution is 2.31. The quantitative estimate of drug-likeness (QED) is 0.198. The number of allylic oxidation sites excluding steroid dienone is 1. The minimum absolute atomic E-state index is 0.277. The molecule has 4 aliphatic rings. The molecule has 44 heavy (non-hydrogen) atoms. The van der Waals surface area contributed by atoms with Gasteiger partial charge < -0.3 is 15.0 Å². The highest BCUT2D eigenvalue weighted by atomic mass is 19.1. The van der Waals surface area contributed by atoms with Crippen LogP contribution in [0.2, 0.25) is 0 Å². The third-order valence-corrected chi connectivity index (χ3v) is 9.41. The van der Waals surface area contributed by atoms with Gasteiger partial charge in [0, 0.05) is 55.1 Å². The zero-order valence-corrected chi connectivity index (χ0v) is 27.3. The molecule has 5 heterocycles. The first-order valence-electron chi connectivity index (χ1n) is 16.7. The molecule has 2 bridgehead atoms. The molecule has 4 saturated heterocycles. The topological polar surface area (TPSA) is 53.0 Å². The van der Waals surface area contributed by atoms with Gasteiger partial charge in [0.25, 0.3) is 0 Å². The van der Waals surface area contributed by atoms with Crippen molar-refractivity contribution in [1.82, 2.24) is 20.1 Å². The fourth-order valence-corrected chi connectivity index (χ4v) is 7.21. The summed E-state index contributed by atoms with van der Waals surface area (Å²) in [7, 11) is 1.64. The zero-order chi connectivity index (χ0) is 31.2. The molecule has 4 atom stereocenters. The van der Waals surface area contributed by atoms with Crippen molar-refractivity contribution in [2.75, 3.05) is 33.3 Å². The molecule has 4 unspecified atom stereocenters. The Labute approximate surface area is 263 Å². The Morgan fingerprint density at radius 3 is 2.59 bits per heavy atom. The van der Waals surface area contributed by atoms with E-state index in [1.165, 1.54) is 12.8 Å². The fourth-order valence-electron chi connectivity index (χ4n) is 7.21. The van der Waals surface area contributed by atoms with Crippen LogP contribution in [0.1, 0.15) is 82.4 Å². The van der Waals surface area contributed by atoms with Crippen LogP contribution in [0.3, 0.4) is 0 Å². The van der Waals surface area contributed by atoms with Gasteiger partial charge in [0.15, 0.2) is 5.82 Å². The van der Waals surface area contributed by atoms with Gasteiger partial charge in [-0.2, -0.15) is 4.99 Å². The maximum atomic E-state index is 16.0. The second-order valence-electron chi connectivity index (χ2n) is 13.4. The number of likely N-dealkylation sites (tertiary alicyclic amines) is 1. The summed E-state index contributed by atoms with van der Waals surface area (Å²) in [6.45, 7) is 11.9. The van der Waals surface area contributed by atoms with Crippen LogP contribution in [0, 0.1) is 18.7 Å². The van der Waals surface area contributed by atoms with Crippen molar-refractivity contribution in [3.63, 3.8) is 0 Å². The second-order valence-corrected chi connectivity index (χ2v) is 13.4. The molecule has 6 rings (SSSR count). The monoisotopic (exact) mass is 607 g/mol. The number of hydrogen-bond acceptors (Lipinski definition) is 5. The molecule has 1 aromatic heterocycles. The summed E-state index contributed by atoms with van der Waals surface area (Å²) >= 11 is 0. The van der Waals surface area contributed by atoms with Gasteiger partial charge in [-0.1, -0.05) is 51.5 Å². The van der Waals surface area contributed by atoms with Gasteiger partial charge in [-0.25, -0.2) is 8.78 Å². The molecule has 0 radical (unpaired) electrons. The first-order valence-corrected chi connectivity index (χ1v) is 16.7. The first-order chi connectivity index (χ1) is 21.3. The number of methoxy groups -OCH3 is 1. The number of piperazine rings is 1. The zero-order valence-electron chi connectivity index (χ0n) is 27.3. The summed E-state index contributed by atoms with van der Waals surface area (Å²) < 4.78 is 34.2. The molecule has 2 aromatic rings. The van der Waals surface area contributed by atoms with Crippen LogP contribution < -0.4 is 5.32 Å². The maximum absolute atomic E-state index is 16.0. The Morgan fingerprint density at radius 1 is 1.16 bits per heavy atom. The van der Waals surface area contributed by atoms with E-state index < -0.39 is 6.17 Å². The number of aromatic nitrogens is 1. The Morgan fingerprint density at radius 2 is 1.91 bits per heavy atom. The number of aliphatic imine (C=N–C) groups is 1. The number of amidine groups is 1. The molecule has 240 valence electrons. The molecular formula is C36H51F2N5O. The van der Waals surface area contributed by atoms with Gasteiger partial charge in [0.05, 0.1) is 7.11 Å². The number of nitrogens with one attached hydrogen (secondary N) is 1. The number of alkyl halides is 1. The summed E-state index contributed by atoms with van der Waals surface area (Å²) in [5, 5.41) is 3.67. The van der Waals surface area contributed by atoms with Crippen LogP contribution in [-0.2, 0) is 11.2 Å². The number of pyridine rings is 1. The smallest absolute Gasteiger partial charge is 0.210 e. The van der Waals surface area contributed by atoms with E-state index >= 15 is 4.39 Å². The van der Waals surface area contributed by atoms with Gasteiger partial charge in [-0.3, -0.25) is 9.88 Å². The van der Waals surface area contributed by atoms with Crippen molar-refractivity contribution in [3.05, 3.63) is 64.9 Å². The standard InChI is InChI=1S/C29H39FN4O.C7H12FN/c1-6-7-12-26(35-5)33-29(34-17-22-13-14-23(18-34)32-22)25-16-31-28(27(30)20(25)4)24-11-9-8-10-21(24)15-19(2)3;8-6-4-7-2-1-3-9(7)5-6/h8-12,16,19,22-23,32H,6-7,13-15,17-18H2,1-5H3;6-7H,1-5H2/b26-12-,33-29+;. The Hall–Kier alpha value is -2.84. The number of benzene rings is 1. The number of nitrogens with zero attached hydrogens (tertiary/aromatic N) is 4. The highest BCUT2D eigenvalue weighted by Gasteiger charge is 2.36.